The van der Waals surface area contributed by atoms with Crippen molar-refractivity contribution in [2.24, 2.45) is 11.8 Å². The van der Waals surface area contributed by atoms with E-state index in [1.807, 2.05) is 13.8 Å². The van der Waals surface area contributed by atoms with Crippen LogP contribution in [0, 0.1) is 11.8 Å². The number of carboxylic acids is 1. The number of hydrogen-bond donors (Lipinski definition) is 3. The highest BCUT2D eigenvalue weighted by molar-refractivity contribution is 5.71. The summed E-state index contributed by atoms with van der Waals surface area (Å²) in [6.07, 6.45) is 3.81. The van der Waals surface area contributed by atoms with Crippen LogP contribution in [-0.2, 0) is 11.2 Å². The summed E-state index contributed by atoms with van der Waals surface area (Å²) in [4.78, 5) is 11.8. The Balaban J connectivity index is 1.82. The highest BCUT2D eigenvalue weighted by atomic mass is 16.4. The van der Waals surface area contributed by atoms with Gasteiger partial charge >= 0.3 is 5.97 Å². The van der Waals surface area contributed by atoms with Crippen molar-refractivity contribution >= 4 is 11.5 Å². The molecule has 0 amide bonds. The van der Waals surface area contributed by atoms with Crippen LogP contribution in [0.3, 0.4) is 0 Å². The molecule has 1 aliphatic rings. The van der Waals surface area contributed by atoms with E-state index >= 15 is 0 Å². The van der Waals surface area contributed by atoms with Crippen molar-refractivity contribution in [3.63, 3.8) is 0 Å². The van der Waals surface area contributed by atoms with Gasteiger partial charge in [0.05, 0.1) is 5.92 Å². The summed E-state index contributed by atoms with van der Waals surface area (Å²) in [5.41, 5.74) is 3.66. The second kappa shape index (κ2) is 8.23. The Morgan fingerprint density at radius 2 is 2.04 bits per heavy atom. The number of nitrogens with one attached hydrogen (secondary N) is 2. The van der Waals surface area contributed by atoms with Gasteiger partial charge in [-0.3, -0.25) is 4.79 Å². The van der Waals surface area contributed by atoms with Gasteiger partial charge in [-0.15, -0.1) is 10.2 Å². The molecule has 3 N–H and O–H groups in total. The molecule has 3 rings (SSSR count). The van der Waals surface area contributed by atoms with E-state index in [2.05, 4.69) is 56.3 Å². The molecule has 1 aliphatic heterocycles. The lowest BCUT2D eigenvalue weighted by Crippen LogP contribution is -2.29. The van der Waals surface area contributed by atoms with Crippen molar-refractivity contribution in [1.29, 1.82) is 0 Å². The summed E-state index contributed by atoms with van der Waals surface area (Å²) in [7, 11) is 0. The highest BCUT2D eigenvalue weighted by Gasteiger charge is 2.34. The maximum absolute atomic E-state index is 11.8. The van der Waals surface area contributed by atoms with Crippen LogP contribution in [0.15, 0.2) is 30.3 Å². The van der Waals surface area contributed by atoms with E-state index in [4.69, 9.17) is 0 Å². The third-order valence-electron chi connectivity index (χ3n) is 4.97. The van der Waals surface area contributed by atoms with Crippen LogP contribution in [0.4, 0.5) is 0 Å². The first kappa shape index (κ1) is 18.3. The number of benzene rings is 1. The number of H-pyrrole nitrogens is 1. The van der Waals surface area contributed by atoms with Gasteiger partial charge in [-0.2, -0.15) is 5.21 Å². The Morgan fingerprint density at radius 3 is 2.58 bits per heavy atom. The van der Waals surface area contributed by atoms with Crippen molar-refractivity contribution in [2.75, 3.05) is 13.1 Å². The molecule has 0 fully saturated rings. The number of rotatable bonds is 7. The van der Waals surface area contributed by atoms with Crippen LogP contribution >= 0.6 is 0 Å². The largest absolute Gasteiger partial charge is 0.481 e. The molecule has 26 heavy (non-hydrogen) atoms. The second-order valence-electron chi connectivity index (χ2n) is 7.07. The van der Waals surface area contributed by atoms with Crippen LogP contribution in [0.5, 0.6) is 0 Å². The molecule has 0 saturated carbocycles. The van der Waals surface area contributed by atoms with Gasteiger partial charge in [0.2, 0.25) is 0 Å². The van der Waals surface area contributed by atoms with E-state index in [9.17, 15) is 9.90 Å². The number of tetrazole rings is 1. The van der Waals surface area contributed by atoms with Gasteiger partial charge in [0, 0.05) is 12.5 Å². The molecule has 2 atom stereocenters. The average Bonchev–Trinajstić information content (AvgIpc) is 3.16. The van der Waals surface area contributed by atoms with E-state index < -0.39 is 11.9 Å². The highest BCUT2D eigenvalue weighted by Crippen LogP contribution is 2.32. The minimum atomic E-state index is -0.828. The van der Waals surface area contributed by atoms with Crippen LogP contribution in [0.25, 0.3) is 5.57 Å². The van der Waals surface area contributed by atoms with Gasteiger partial charge in [-0.05, 0) is 42.0 Å². The fraction of sp³-hybridized carbons (Fsp3) is 0.474. The monoisotopic (exact) mass is 355 g/mol. The number of aromatic nitrogens is 4. The zero-order chi connectivity index (χ0) is 18.5. The summed E-state index contributed by atoms with van der Waals surface area (Å²) >= 11 is 0. The first-order valence-corrected chi connectivity index (χ1v) is 9.01. The topological polar surface area (TPSA) is 104 Å². The Labute approximate surface area is 152 Å². The van der Waals surface area contributed by atoms with E-state index in [0.717, 1.165) is 25.1 Å². The molecule has 1 aromatic carbocycles. The standard InChI is InChI=1S/C19H25N5O2/c1-12(2)17(19(25)26)16(18-21-23-24-22-18)11-13-3-5-14(6-4-13)15-7-9-20-10-8-15/h3-7,12,16-17,20H,8-11H2,1-2H3,(H,25,26)(H,21,22,23,24)/t16-,17?/m0/s1. The first-order valence-electron chi connectivity index (χ1n) is 9.01. The molecule has 0 radical (unpaired) electrons. The molecule has 0 spiro atoms. The van der Waals surface area contributed by atoms with Gasteiger partial charge in [0.15, 0.2) is 5.82 Å². The SMILES string of the molecule is CC(C)C(C(=O)O)[C@H](Cc1ccc(C2=CCNCC2)cc1)c1nn[nH]n1. The molecule has 0 bridgehead atoms. The predicted octanol–water partition coefficient (Wildman–Crippen LogP) is 2.26. The van der Waals surface area contributed by atoms with Gasteiger partial charge in [-0.1, -0.05) is 49.4 Å². The van der Waals surface area contributed by atoms with Crippen LogP contribution in [-0.4, -0.2) is 44.8 Å². The first-order chi connectivity index (χ1) is 12.6. The van der Waals surface area contributed by atoms with Gasteiger partial charge in [-0.25, -0.2) is 0 Å². The average molecular weight is 355 g/mol. The molecular weight excluding hydrogens is 330 g/mol. The summed E-state index contributed by atoms with van der Waals surface area (Å²) in [6, 6.07) is 8.38. The molecule has 0 aliphatic carbocycles. The lowest BCUT2D eigenvalue weighted by Gasteiger charge is -2.24. The van der Waals surface area contributed by atoms with Crippen molar-refractivity contribution in [2.45, 2.75) is 32.6 Å². The minimum Gasteiger partial charge on any atom is -0.481 e. The van der Waals surface area contributed by atoms with E-state index in [1.54, 1.807) is 0 Å². The second-order valence-corrected chi connectivity index (χ2v) is 7.07. The maximum Gasteiger partial charge on any atom is 0.307 e. The summed E-state index contributed by atoms with van der Waals surface area (Å²) in [5, 5.41) is 27.2. The van der Waals surface area contributed by atoms with Crippen molar-refractivity contribution < 1.29 is 9.90 Å². The zero-order valence-corrected chi connectivity index (χ0v) is 15.1. The third-order valence-corrected chi connectivity index (χ3v) is 4.97. The lowest BCUT2D eigenvalue weighted by atomic mass is 9.79. The molecule has 7 heteroatoms. The van der Waals surface area contributed by atoms with Crippen molar-refractivity contribution in [3.05, 3.63) is 47.3 Å². The molecule has 7 nitrogen and oxygen atoms in total. The molecule has 138 valence electrons. The quantitative estimate of drug-likeness (QED) is 0.704. The fourth-order valence-corrected chi connectivity index (χ4v) is 3.62. The Kier molecular flexibility index (Phi) is 5.78. The molecule has 0 saturated heterocycles. The van der Waals surface area contributed by atoms with Crippen molar-refractivity contribution in [3.8, 4) is 0 Å². The maximum atomic E-state index is 11.8. The zero-order valence-electron chi connectivity index (χ0n) is 15.1. The van der Waals surface area contributed by atoms with Crippen LogP contribution in [0.1, 0.15) is 43.1 Å². The van der Waals surface area contributed by atoms with Gasteiger partial charge in [0.25, 0.3) is 0 Å². The summed E-state index contributed by atoms with van der Waals surface area (Å²) < 4.78 is 0. The molecule has 2 heterocycles. The molecule has 1 unspecified atom stereocenters. The number of hydrogen-bond acceptors (Lipinski definition) is 5. The van der Waals surface area contributed by atoms with E-state index in [-0.39, 0.29) is 11.8 Å². The number of aliphatic carboxylic acids is 1. The summed E-state index contributed by atoms with van der Waals surface area (Å²) in [5.74, 6) is -1.30. The van der Waals surface area contributed by atoms with E-state index in [0.29, 0.717) is 12.2 Å². The number of carbonyl (C=O) groups is 1. The number of aromatic amines is 1. The molecule has 1 aromatic heterocycles. The number of nitrogens with zero attached hydrogens (tertiary/aromatic N) is 3. The van der Waals surface area contributed by atoms with Crippen LogP contribution < -0.4 is 5.32 Å². The smallest absolute Gasteiger partial charge is 0.307 e. The van der Waals surface area contributed by atoms with Crippen molar-refractivity contribution in [1.82, 2.24) is 25.9 Å². The summed E-state index contributed by atoms with van der Waals surface area (Å²) in [6.45, 7) is 5.74. The normalized spacial score (nSPS) is 17.0. The molecule has 2 aromatic rings. The lowest BCUT2D eigenvalue weighted by molar-refractivity contribution is -0.144. The molecular formula is C19H25N5O2. The minimum absolute atomic E-state index is 0.0323. The fourth-order valence-electron chi connectivity index (χ4n) is 3.62. The van der Waals surface area contributed by atoms with Gasteiger partial charge < -0.3 is 10.4 Å². The Morgan fingerprint density at radius 1 is 1.27 bits per heavy atom. The number of carboxylic acid groups (broad SMARTS) is 1. The van der Waals surface area contributed by atoms with E-state index in [1.165, 1.54) is 11.1 Å². The van der Waals surface area contributed by atoms with Crippen LogP contribution in [0.2, 0.25) is 0 Å². The third kappa shape index (κ3) is 4.16. The predicted molar refractivity (Wildman–Crippen MR) is 98.5 cm³/mol. The Bertz CT molecular complexity index is 753. The Hall–Kier alpha value is -2.54. The van der Waals surface area contributed by atoms with Gasteiger partial charge in [0.1, 0.15) is 0 Å².